The van der Waals surface area contributed by atoms with E-state index in [0.29, 0.717) is 16.9 Å². The van der Waals surface area contributed by atoms with Crippen LogP contribution >= 0.6 is 11.8 Å². The van der Waals surface area contributed by atoms with Gasteiger partial charge in [-0.1, -0.05) is 24.3 Å². The van der Waals surface area contributed by atoms with E-state index in [0.717, 1.165) is 28.9 Å². The summed E-state index contributed by atoms with van der Waals surface area (Å²) in [4.78, 5) is 36.4. The van der Waals surface area contributed by atoms with Crippen molar-refractivity contribution in [1.29, 1.82) is 0 Å². The Hall–Kier alpha value is -4.38. The lowest BCUT2D eigenvalue weighted by Crippen LogP contribution is -2.31. The maximum atomic E-state index is 14.4. The maximum Gasteiger partial charge on any atom is 0.290 e. The number of hydrogen-bond donors (Lipinski definition) is 1. The van der Waals surface area contributed by atoms with Crippen molar-refractivity contribution < 1.29 is 32.3 Å². The molecule has 2 aliphatic heterocycles. The number of nitrogens with one attached hydrogen (secondary N) is 1. The minimum atomic E-state index is -0.805. The molecule has 3 aromatic carbocycles. The van der Waals surface area contributed by atoms with Gasteiger partial charge in [0.1, 0.15) is 23.2 Å². The van der Waals surface area contributed by atoms with Crippen LogP contribution < -0.4 is 10.1 Å². The van der Waals surface area contributed by atoms with Gasteiger partial charge in [-0.25, -0.2) is 18.2 Å². The molecular weight excluding hydrogens is 519 g/mol. The molecule has 0 aliphatic carbocycles. The molecule has 1 fully saturated rings. The molecule has 1 N–H and O–H groups in total. The molecule has 0 aromatic heterocycles. The van der Waals surface area contributed by atoms with Crippen molar-refractivity contribution in [1.82, 2.24) is 10.3 Å². The highest BCUT2D eigenvalue weighted by Gasteiger charge is 2.34. The molecule has 0 bridgehead atoms. The van der Waals surface area contributed by atoms with Crippen molar-refractivity contribution in [2.45, 2.75) is 12.5 Å². The second-order valence-electron chi connectivity index (χ2n) is 8.39. The fraction of sp³-hybridized carbons (Fsp3) is 0.111. The van der Waals surface area contributed by atoms with E-state index in [1.165, 1.54) is 30.3 Å². The number of carbonyl (C=O) groups excluding carboxylic acids is 3. The Morgan fingerprint density at radius 1 is 1.03 bits per heavy atom. The predicted octanol–water partition coefficient (Wildman–Crippen LogP) is 5.18. The fourth-order valence-corrected chi connectivity index (χ4v) is 4.70. The summed E-state index contributed by atoms with van der Waals surface area (Å²) in [5.74, 6) is -2.61. The minimum absolute atomic E-state index is 0.0650. The standard InChI is InChI=1S/C27H18F3N3O4S/c28-17-5-3-16(4-6-17)23-13-22(20-10-7-18(29)12-21(20)30)32-33(23)25(34)14-37-19-8-1-15(2-9-19)11-24-26(35)31-27(36)38-24/h1-12,23H,13-14H2,(H,31,35,36)/b24-11+. The molecule has 0 spiro atoms. The number of carbonyl (C=O) groups is 3. The number of benzene rings is 3. The van der Waals surface area contributed by atoms with Crippen LogP contribution in [-0.2, 0) is 9.59 Å². The quantitative estimate of drug-likeness (QED) is 0.438. The third-order valence-electron chi connectivity index (χ3n) is 5.84. The average molecular weight is 538 g/mol. The minimum Gasteiger partial charge on any atom is -0.484 e. The third-order valence-corrected chi connectivity index (χ3v) is 6.66. The Balaban J connectivity index is 1.32. The summed E-state index contributed by atoms with van der Waals surface area (Å²) in [7, 11) is 0. The topological polar surface area (TPSA) is 88.1 Å². The summed E-state index contributed by atoms with van der Waals surface area (Å²) < 4.78 is 47.0. The number of amides is 3. The lowest BCUT2D eigenvalue weighted by molar-refractivity contribution is -0.135. The van der Waals surface area contributed by atoms with E-state index in [2.05, 4.69) is 10.4 Å². The first kappa shape index (κ1) is 25.3. The molecule has 1 saturated heterocycles. The molecule has 38 heavy (non-hydrogen) atoms. The van der Waals surface area contributed by atoms with Crippen molar-refractivity contribution in [2.75, 3.05) is 6.61 Å². The average Bonchev–Trinajstić information content (AvgIpc) is 3.46. The summed E-state index contributed by atoms with van der Waals surface area (Å²) in [6, 6.07) is 14.5. The highest BCUT2D eigenvalue weighted by Crippen LogP contribution is 2.34. The van der Waals surface area contributed by atoms with Gasteiger partial charge in [-0.15, -0.1) is 0 Å². The molecule has 5 rings (SSSR count). The second kappa shape index (κ2) is 10.5. The molecule has 1 unspecified atom stereocenters. The van der Waals surface area contributed by atoms with Gasteiger partial charge in [0.25, 0.3) is 17.1 Å². The van der Waals surface area contributed by atoms with E-state index in [-0.39, 0.29) is 22.6 Å². The van der Waals surface area contributed by atoms with Crippen LogP contribution in [-0.4, -0.2) is 34.4 Å². The first-order chi connectivity index (χ1) is 18.3. The number of rotatable bonds is 6. The van der Waals surface area contributed by atoms with Crippen LogP contribution in [0.15, 0.2) is 76.7 Å². The molecule has 3 amide bonds. The fourth-order valence-electron chi connectivity index (χ4n) is 4.01. The number of thioether (sulfide) groups is 1. The van der Waals surface area contributed by atoms with Gasteiger partial charge in [-0.3, -0.25) is 19.7 Å². The van der Waals surface area contributed by atoms with Crippen LogP contribution in [0.4, 0.5) is 18.0 Å². The van der Waals surface area contributed by atoms with Gasteiger partial charge in [-0.2, -0.15) is 5.10 Å². The lowest BCUT2D eigenvalue weighted by atomic mass is 9.98. The predicted molar refractivity (Wildman–Crippen MR) is 135 cm³/mol. The molecule has 0 saturated carbocycles. The van der Waals surface area contributed by atoms with Crippen LogP contribution in [0, 0.1) is 17.5 Å². The molecule has 2 heterocycles. The zero-order chi connectivity index (χ0) is 26.8. The van der Waals surface area contributed by atoms with E-state index in [1.807, 2.05) is 0 Å². The number of hydrogen-bond acceptors (Lipinski definition) is 6. The lowest BCUT2D eigenvalue weighted by Gasteiger charge is -2.22. The van der Waals surface area contributed by atoms with E-state index in [4.69, 9.17) is 4.74 Å². The van der Waals surface area contributed by atoms with Gasteiger partial charge < -0.3 is 4.74 Å². The summed E-state index contributed by atoms with van der Waals surface area (Å²) in [5, 5.41) is 7.22. The highest BCUT2D eigenvalue weighted by molar-refractivity contribution is 8.18. The third kappa shape index (κ3) is 5.47. The van der Waals surface area contributed by atoms with Gasteiger partial charge in [0.05, 0.1) is 16.7 Å². The smallest absolute Gasteiger partial charge is 0.290 e. The Kier molecular flexibility index (Phi) is 7.01. The van der Waals surface area contributed by atoms with Crippen LogP contribution in [0.3, 0.4) is 0 Å². The Morgan fingerprint density at radius 3 is 2.39 bits per heavy atom. The number of halogens is 3. The Morgan fingerprint density at radius 2 is 1.74 bits per heavy atom. The van der Waals surface area contributed by atoms with Crippen LogP contribution in [0.2, 0.25) is 0 Å². The van der Waals surface area contributed by atoms with Crippen LogP contribution in [0.1, 0.15) is 29.2 Å². The van der Waals surface area contributed by atoms with E-state index < -0.39 is 47.2 Å². The number of ether oxygens (including phenoxy) is 1. The largest absolute Gasteiger partial charge is 0.484 e. The normalized spacial score (nSPS) is 18.1. The Bertz CT molecular complexity index is 1490. The van der Waals surface area contributed by atoms with Gasteiger partial charge in [0.15, 0.2) is 6.61 Å². The van der Waals surface area contributed by atoms with Gasteiger partial charge >= 0.3 is 0 Å². The summed E-state index contributed by atoms with van der Waals surface area (Å²) in [6.07, 6.45) is 1.69. The SMILES string of the molecule is O=C1NC(=O)/C(=C\c2ccc(OCC(=O)N3N=C(c4ccc(F)cc4F)CC3c3ccc(F)cc3)cc2)S1. The number of hydrazone groups is 1. The monoisotopic (exact) mass is 537 g/mol. The molecule has 11 heteroatoms. The molecular formula is C27H18F3N3O4S. The van der Waals surface area contributed by atoms with Crippen molar-refractivity contribution in [3.8, 4) is 5.75 Å². The highest BCUT2D eigenvalue weighted by atomic mass is 32.2. The summed E-state index contributed by atoms with van der Waals surface area (Å²) in [5.41, 5.74) is 1.55. The zero-order valence-corrected chi connectivity index (χ0v) is 20.3. The molecule has 2 aliphatic rings. The van der Waals surface area contributed by atoms with Crippen molar-refractivity contribution in [2.24, 2.45) is 5.10 Å². The first-order valence-corrected chi connectivity index (χ1v) is 12.2. The van der Waals surface area contributed by atoms with E-state index in [9.17, 15) is 27.6 Å². The van der Waals surface area contributed by atoms with E-state index >= 15 is 0 Å². The molecule has 7 nitrogen and oxygen atoms in total. The van der Waals surface area contributed by atoms with Crippen molar-refractivity contribution >= 4 is 40.6 Å². The van der Waals surface area contributed by atoms with Gasteiger partial charge in [-0.05, 0) is 65.4 Å². The van der Waals surface area contributed by atoms with Gasteiger partial charge in [0.2, 0.25) is 0 Å². The number of nitrogens with zero attached hydrogens (tertiary/aromatic N) is 2. The van der Waals surface area contributed by atoms with Crippen LogP contribution in [0.5, 0.6) is 5.75 Å². The van der Waals surface area contributed by atoms with Crippen molar-refractivity contribution in [3.05, 3.63) is 106 Å². The van der Waals surface area contributed by atoms with Crippen LogP contribution in [0.25, 0.3) is 6.08 Å². The molecule has 1 atom stereocenters. The molecule has 0 radical (unpaired) electrons. The zero-order valence-electron chi connectivity index (χ0n) is 19.5. The summed E-state index contributed by atoms with van der Waals surface area (Å²) in [6.45, 7) is -0.395. The maximum absolute atomic E-state index is 14.4. The van der Waals surface area contributed by atoms with Gasteiger partial charge in [0, 0.05) is 18.1 Å². The molecule has 3 aromatic rings. The second-order valence-corrected chi connectivity index (χ2v) is 9.41. The summed E-state index contributed by atoms with van der Waals surface area (Å²) >= 11 is 0.805. The Labute approximate surface area is 219 Å². The number of imide groups is 1. The van der Waals surface area contributed by atoms with E-state index in [1.54, 1.807) is 30.3 Å². The van der Waals surface area contributed by atoms with Crippen molar-refractivity contribution in [3.63, 3.8) is 0 Å². The molecule has 192 valence electrons. The first-order valence-electron chi connectivity index (χ1n) is 11.3.